The number of pyridine rings is 1. The van der Waals surface area contributed by atoms with Crippen LogP contribution in [0, 0.1) is 0 Å². The number of nitrogens with one attached hydrogen (secondary N) is 1. The molecule has 1 amide bonds. The second-order valence-corrected chi connectivity index (χ2v) is 15.3. The number of fused-ring (bicyclic) bond motifs is 4. The lowest BCUT2D eigenvalue weighted by Gasteiger charge is -2.21. The van der Waals surface area contributed by atoms with Crippen LogP contribution < -0.4 is 20.3 Å². The SMILES string of the molecule is CCN(CC)c1ccc2nc3c4ccccc4c(=NCCCCCC(=O)Nc4cccc(-c5cn(Cc6ccc(-c7ccc(OC)nc7)cc6)nn5)c4)cc-3sc2c1. The summed E-state index contributed by atoms with van der Waals surface area (Å²) in [5, 5.41) is 15.1. The Labute approximate surface area is 342 Å². The monoisotopic (exact) mass is 786 g/mol. The standard InChI is InChI=1S/C47H46N8O2S/c1-4-54(5-2)37-22-23-40-43(27-37)58-44-28-41(38-14-8-9-15-39(38)47(44)51-40)48-25-10-6-7-16-45(56)50-36-13-11-12-34(26-36)42-31-55(53-52-42)30-32-17-19-33(20-18-32)35-21-24-46(57-3)49-29-35/h8-9,11-15,17-24,26-29,31H,4-7,10,16,25,30H2,1-3H3,(H,50,56). The van der Waals surface area contributed by atoms with Crippen LogP contribution >= 0.6 is 11.3 Å². The first-order chi connectivity index (χ1) is 28.5. The molecule has 1 N–H and O–H groups in total. The summed E-state index contributed by atoms with van der Waals surface area (Å²) < 4.78 is 8.16. The van der Waals surface area contributed by atoms with E-state index in [2.05, 4.69) is 112 Å². The molecule has 2 aliphatic rings. The van der Waals surface area contributed by atoms with Gasteiger partial charge >= 0.3 is 0 Å². The number of anilines is 2. The van der Waals surface area contributed by atoms with Crippen LogP contribution in [-0.4, -0.2) is 57.6 Å². The van der Waals surface area contributed by atoms with E-state index in [9.17, 15) is 4.79 Å². The van der Waals surface area contributed by atoms with Gasteiger partial charge in [-0.1, -0.05) is 72.3 Å². The van der Waals surface area contributed by atoms with Crippen LogP contribution in [0.3, 0.4) is 0 Å². The van der Waals surface area contributed by atoms with E-state index in [1.54, 1.807) is 18.4 Å². The minimum absolute atomic E-state index is 0.00231. The van der Waals surface area contributed by atoms with Crippen LogP contribution in [0.25, 0.3) is 53.9 Å². The molecule has 8 rings (SSSR count). The highest BCUT2D eigenvalue weighted by Crippen LogP contribution is 2.36. The Morgan fingerprint density at radius 2 is 1.67 bits per heavy atom. The molecule has 0 unspecified atom stereocenters. The summed E-state index contributed by atoms with van der Waals surface area (Å²) in [5.41, 5.74) is 8.85. The number of nitrogens with zero attached hydrogens (tertiary/aromatic N) is 7. The fraction of sp³-hybridized carbons (Fsp3) is 0.234. The molecule has 292 valence electrons. The molecule has 0 radical (unpaired) electrons. The van der Waals surface area contributed by atoms with E-state index in [4.69, 9.17) is 14.7 Å². The van der Waals surface area contributed by atoms with Gasteiger partial charge in [-0.15, -0.1) is 16.4 Å². The lowest BCUT2D eigenvalue weighted by molar-refractivity contribution is -0.116. The van der Waals surface area contributed by atoms with Gasteiger partial charge in [-0.25, -0.2) is 14.6 Å². The molecule has 0 saturated carbocycles. The Hall–Kier alpha value is -6.46. The fourth-order valence-electron chi connectivity index (χ4n) is 7.26. The maximum atomic E-state index is 12.9. The first-order valence-corrected chi connectivity index (χ1v) is 20.7. The highest BCUT2D eigenvalue weighted by Gasteiger charge is 2.15. The molecule has 0 atom stereocenters. The number of carbonyl (C=O) groups excluding carboxylic acids is 1. The van der Waals surface area contributed by atoms with Crippen molar-refractivity contribution < 1.29 is 9.53 Å². The van der Waals surface area contributed by atoms with Crippen LogP contribution in [0.15, 0.2) is 127 Å². The number of unbranched alkanes of at least 4 members (excludes halogenated alkanes) is 2. The van der Waals surface area contributed by atoms with Gasteiger partial charge in [0.2, 0.25) is 11.8 Å². The third kappa shape index (κ3) is 8.74. The molecular formula is C47H46N8O2S. The molecule has 6 aromatic rings. The highest BCUT2D eigenvalue weighted by molar-refractivity contribution is 7.21. The van der Waals surface area contributed by atoms with E-state index in [-0.39, 0.29) is 5.91 Å². The molecule has 10 nitrogen and oxygen atoms in total. The van der Waals surface area contributed by atoms with Crippen LogP contribution in [0.5, 0.6) is 5.88 Å². The first-order valence-electron chi connectivity index (χ1n) is 19.9. The zero-order valence-electron chi connectivity index (χ0n) is 33.1. The van der Waals surface area contributed by atoms with Gasteiger partial charge in [0.15, 0.2) is 0 Å². The van der Waals surface area contributed by atoms with Crippen molar-refractivity contribution in [2.24, 2.45) is 4.99 Å². The van der Waals surface area contributed by atoms with Gasteiger partial charge < -0.3 is 15.0 Å². The Kier molecular flexibility index (Phi) is 11.8. The lowest BCUT2D eigenvalue weighted by Crippen LogP contribution is -2.21. The fourth-order valence-corrected chi connectivity index (χ4v) is 8.32. The number of carbonyl (C=O) groups is 1. The smallest absolute Gasteiger partial charge is 0.224 e. The van der Waals surface area contributed by atoms with Crippen LogP contribution in [0.4, 0.5) is 11.4 Å². The van der Waals surface area contributed by atoms with E-state index in [1.807, 2.05) is 53.5 Å². The number of benzene rings is 5. The Morgan fingerprint density at radius 1 is 0.845 bits per heavy atom. The highest BCUT2D eigenvalue weighted by atomic mass is 32.1. The summed E-state index contributed by atoms with van der Waals surface area (Å²) in [7, 11) is 1.61. The van der Waals surface area contributed by atoms with Crippen molar-refractivity contribution in [2.45, 2.75) is 46.1 Å². The maximum Gasteiger partial charge on any atom is 0.224 e. The average molecular weight is 787 g/mol. The molecule has 1 aliphatic heterocycles. The molecule has 0 saturated heterocycles. The minimum atomic E-state index is -0.00231. The Morgan fingerprint density at radius 3 is 2.47 bits per heavy atom. The molecule has 4 aromatic carbocycles. The van der Waals surface area contributed by atoms with Crippen LogP contribution in [0.1, 0.15) is 45.1 Å². The van der Waals surface area contributed by atoms with Gasteiger partial charge in [-0.05, 0) is 80.3 Å². The zero-order valence-corrected chi connectivity index (χ0v) is 33.9. The lowest BCUT2D eigenvalue weighted by atomic mass is 10.1. The zero-order chi connectivity index (χ0) is 39.8. The van der Waals surface area contributed by atoms with E-state index in [0.717, 1.165) is 98.2 Å². The van der Waals surface area contributed by atoms with Gasteiger partial charge in [-0.3, -0.25) is 9.79 Å². The van der Waals surface area contributed by atoms with Crippen molar-refractivity contribution in [3.8, 4) is 38.8 Å². The first kappa shape index (κ1) is 38.4. The quantitative estimate of drug-likeness (QED) is 0.0626. The molecular weight excluding hydrogens is 741 g/mol. The van der Waals surface area contributed by atoms with Crippen molar-refractivity contribution >= 4 is 49.6 Å². The maximum absolute atomic E-state index is 12.9. The topological polar surface area (TPSA) is 110 Å². The number of amides is 1. The molecule has 0 fully saturated rings. The summed E-state index contributed by atoms with van der Waals surface area (Å²) in [6.07, 6.45) is 6.79. The summed E-state index contributed by atoms with van der Waals surface area (Å²) in [6.45, 7) is 7.60. The second kappa shape index (κ2) is 17.8. The molecule has 2 aromatic heterocycles. The minimum Gasteiger partial charge on any atom is -0.481 e. The second-order valence-electron chi connectivity index (χ2n) is 14.2. The van der Waals surface area contributed by atoms with Crippen molar-refractivity contribution in [2.75, 3.05) is 37.0 Å². The molecule has 3 heterocycles. The van der Waals surface area contributed by atoms with Crippen molar-refractivity contribution in [1.29, 1.82) is 0 Å². The Bertz CT molecular complexity index is 2700. The predicted molar refractivity (Wildman–Crippen MR) is 236 cm³/mol. The molecule has 0 bridgehead atoms. The normalized spacial score (nSPS) is 11.7. The van der Waals surface area contributed by atoms with Gasteiger partial charge in [-0.2, -0.15) is 0 Å². The van der Waals surface area contributed by atoms with Crippen molar-refractivity contribution in [3.05, 3.63) is 133 Å². The van der Waals surface area contributed by atoms with Gasteiger partial charge in [0.25, 0.3) is 0 Å². The number of methoxy groups -OCH3 is 1. The van der Waals surface area contributed by atoms with Gasteiger partial charge in [0, 0.05) is 71.6 Å². The summed E-state index contributed by atoms with van der Waals surface area (Å²) >= 11 is 1.78. The third-order valence-corrected chi connectivity index (χ3v) is 11.5. The summed E-state index contributed by atoms with van der Waals surface area (Å²) in [5.74, 6) is 0.589. The van der Waals surface area contributed by atoms with E-state index in [1.165, 1.54) is 10.4 Å². The molecule has 1 aliphatic carbocycles. The number of rotatable bonds is 15. The Balaban J connectivity index is 0.847. The van der Waals surface area contributed by atoms with Crippen LogP contribution in [0.2, 0.25) is 0 Å². The average Bonchev–Trinajstić information content (AvgIpc) is 3.73. The number of ether oxygens (including phenoxy) is 1. The van der Waals surface area contributed by atoms with E-state index in [0.29, 0.717) is 25.4 Å². The number of hydrogen-bond acceptors (Lipinski definition) is 9. The summed E-state index contributed by atoms with van der Waals surface area (Å²) in [4.78, 5) is 30.9. The van der Waals surface area contributed by atoms with E-state index < -0.39 is 0 Å². The predicted octanol–water partition coefficient (Wildman–Crippen LogP) is 9.88. The number of hydrogen-bond donors (Lipinski definition) is 1. The molecule has 58 heavy (non-hydrogen) atoms. The van der Waals surface area contributed by atoms with Crippen LogP contribution in [-0.2, 0) is 11.3 Å². The number of aromatic nitrogens is 5. The van der Waals surface area contributed by atoms with Crippen molar-refractivity contribution in [3.63, 3.8) is 0 Å². The van der Waals surface area contributed by atoms with Crippen molar-refractivity contribution in [1.82, 2.24) is 25.0 Å². The molecule has 0 spiro atoms. The summed E-state index contributed by atoms with van der Waals surface area (Å²) in [6, 6.07) is 37.1. The van der Waals surface area contributed by atoms with Gasteiger partial charge in [0.1, 0.15) is 5.69 Å². The largest absolute Gasteiger partial charge is 0.481 e. The van der Waals surface area contributed by atoms with Gasteiger partial charge in [0.05, 0.1) is 46.0 Å². The van der Waals surface area contributed by atoms with E-state index >= 15 is 0 Å². The third-order valence-electron chi connectivity index (χ3n) is 10.4. The molecule has 11 heteroatoms.